The molecule has 0 atom stereocenters. The largest absolute Gasteiger partial charge is 0.398 e. The Bertz CT molecular complexity index is 661. The predicted octanol–water partition coefficient (Wildman–Crippen LogP) is 4.66. The third-order valence-electron chi connectivity index (χ3n) is 3.00. The monoisotopic (exact) mass is 396 g/mol. The van der Waals surface area contributed by atoms with Crippen molar-refractivity contribution < 1.29 is 4.79 Å². The maximum absolute atomic E-state index is 12.4. The Kier molecular flexibility index (Phi) is 4.50. The molecule has 2 aromatic carbocycles. The number of nitrogens with two attached hydrogens (primary N) is 1. The molecule has 20 heavy (non-hydrogen) atoms. The number of benzene rings is 2. The fourth-order valence-electron chi connectivity index (χ4n) is 2.01. The zero-order valence-electron chi connectivity index (χ0n) is 11.1. The minimum Gasteiger partial charge on any atom is -0.398 e. The van der Waals surface area contributed by atoms with Gasteiger partial charge in [-0.05, 0) is 55.3 Å². The average Bonchev–Trinajstić information content (AvgIpc) is 2.36. The Morgan fingerprint density at radius 1 is 1.05 bits per heavy atom. The van der Waals surface area contributed by atoms with Crippen LogP contribution in [0.4, 0.5) is 11.4 Å². The minimum atomic E-state index is -0.211. The Balaban J connectivity index is 2.35. The van der Waals surface area contributed by atoms with E-state index in [1.54, 1.807) is 12.1 Å². The summed E-state index contributed by atoms with van der Waals surface area (Å²) in [5, 5.41) is 2.93. The van der Waals surface area contributed by atoms with Gasteiger partial charge in [0.15, 0.2) is 0 Å². The van der Waals surface area contributed by atoms with Crippen molar-refractivity contribution in [3.63, 3.8) is 0 Å². The first-order valence-corrected chi connectivity index (χ1v) is 7.60. The number of anilines is 2. The SMILES string of the molecule is Cc1cc(Br)cc(C)c1NC(=O)c1cc(Br)ccc1N. The van der Waals surface area contributed by atoms with E-state index < -0.39 is 0 Å². The lowest BCUT2D eigenvalue weighted by Crippen LogP contribution is -2.15. The lowest BCUT2D eigenvalue weighted by Gasteiger charge is -2.13. The molecule has 0 radical (unpaired) electrons. The first-order valence-electron chi connectivity index (χ1n) is 6.01. The van der Waals surface area contributed by atoms with Gasteiger partial charge in [-0.25, -0.2) is 0 Å². The summed E-state index contributed by atoms with van der Waals surface area (Å²) >= 11 is 6.79. The Labute approximate surface area is 134 Å². The molecule has 0 spiro atoms. The number of carbonyl (C=O) groups is 1. The molecule has 5 heteroatoms. The van der Waals surface area contributed by atoms with E-state index in [-0.39, 0.29) is 5.91 Å². The van der Waals surface area contributed by atoms with Crippen molar-refractivity contribution in [1.29, 1.82) is 0 Å². The standard InChI is InChI=1S/C15H14Br2N2O/c1-8-5-11(17)6-9(2)14(8)19-15(20)12-7-10(16)3-4-13(12)18/h3-7H,18H2,1-2H3,(H,19,20). The highest BCUT2D eigenvalue weighted by molar-refractivity contribution is 9.10. The van der Waals surface area contributed by atoms with Crippen molar-refractivity contribution in [2.24, 2.45) is 0 Å². The van der Waals surface area contributed by atoms with Crippen LogP contribution < -0.4 is 11.1 Å². The second-order valence-electron chi connectivity index (χ2n) is 4.60. The quantitative estimate of drug-likeness (QED) is 0.723. The highest BCUT2D eigenvalue weighted by atomic mass is 79.9. The molecule has 0 aliphatic heterocycles. The summed E-state index contributed by atoms with van der Waals surface area (Å²) in [6.07, 6.45) is 0. The van der Waals surface area contributed by atoms with Crippen molar-refractivity contribution in [2.45, 2.75) is 13.8 Å². The number of carbonyl (C=O) groups excluding carboxylic acids is 1. The van der Waals surface area contributed by atoms with Crippen LogP contribution in [0.15, 0.2) is 39.3 Å². The van der Waals surface area contributed by atoms with E-state index in [0.717, 1.165) is 25.8 Å². The van der Waals surface area contributed by atoms with Gasteiger partial charge in [-0.2, -0.15) is 0 Å². The summed E-state index contributed by atoms with van der Waals surface area (Å²) in [6.45, 7) is 3.91. The fraction of sp³-hybridized carbons (Fsp3) is 0.133. The van der Waals surface area contributed by atoms with Crippen molar-refractivity contribution in [3.05, 3.63) is 56.0 Å². The normalized spacial score (nSPS) is 10.4. The van der Waals surface area contributed by atoms with E-state index >= 15 is 0 Å². The molecule has 3 nitrogen and oxygen atoms in total. The van der Waals surface area contributed by atoms with Gasteiger partial charge < -0.3 is 11.1 Å². The number of nitrogens with one attached hydrogen (secondary N) is 1. The van der Waals surface area contributed by atoms with Crippen LogP contribution in [-0.2, 0) is 0 Å². The van der Waals surface area contributed by atoms with E-state index in [1.165, 1.54) is 0 Å². The van der Waals surface area contributed by atoms with Crippen LogP contribution in [-0.4, -0.2) is 5.91 Å². The topological polar surface area (TPSA) is 55.1 Å². The maximum Gasteiger partial charge on any atom is 0.257 e. The summed E-state index contributed by atoms with van der Waals surface area (Å²) < 4.78 is 1.81. The molecule has 0 aromatic heterocycles. The molecular weight excluding hydrogens is 384 g/mol. The first kappa shape index (κ1) is 15.1. The molecule has 2 aromatic rings. The zero-order valence-corrected chi connectivity index (χ0v) is 14.3. The summed E-state index contributed by atoms with van der Waals surface area (Å²) in [7, 11) is 0. The number of rotatable bonds is 2. The van der Waals surface area contributed by atoms with Crippen LogP contribution >= 0.6 is 31.9 Å². The highest BCUT2D eigenvalue weighted by Crippen LogP contribution is 2.26. The number of hydrogen-bond acceptors (Lipinski definition) is 2. The second kappa shape index (κ2) is 5.97. The van der Waals surface area contributed by atoms with Gasteiger partial charge in [-0.15, -0.1) is 0 Å². The van der Waals surface area contributed by atoms with Gasteiger partial charge in [0.2, 0.25) is 0 Å². The molecular formula is C15H14Br2N2O. The van der Waals surface area contributed by atoms with Crippen molar-refractivity contribution >= 4 is 49.1 Å². The molecule has 0 unspecified atom stereocenters. The van der Waals surface area contributed by atoms with Crippen LogP contribution in [0.1, 0.15) is 21.5 Å². The van der Waals surface area contributed by atoms with Crippen molar-refractivity contribution in [3.8, 4) is 0 Å². The molecule has 1 amide bonds. The van der Waals surface area contributed by atoms with Crippen LogP contribution in [0.5, 0.6) is 0 Å². The van der Waals surface area contributed by atoms with E-state index in [0.29, 0.717) is 11.3 Å². The molecule has 3 N–H and O–H groups in total. The molecule has 2 rings (SSSR count). The Morgan fingerprint density at radius 3 is 2.25 bits per heavy atom. The van der Waals surface area contributed by atoms with Crippen LogP contribution in [0.2, 0.25) is 0 Å². The van der Waals surface area contributed by atoms with E-state index in [1.807, 2.05) is 32.0 Å². The highest BCUT2D eigenvalue weighted by Gasteiger charge is 2.13. The molecule has 0 bridgehead atoms. The van der Waals surface area contributed by atoms with Crippen molar-refractivity contribution in [1.82, 2.24) is 0 Å². The summed E-state index contributed by atoms with van der Waals surface area (Å²) in [6, 6.07) is 9.16. The Hall–Kier alpha value is -1.33. The molecule has 0 heterocycles. The maximum atomic E-state index is 12.4. The molecule has 0 aliphatic carbocycles. The lowest BCUT2D eigenvalue weighted by molar-refractivity contribution is 0.102. The van der Waals surface area contributed by atoms with Crippen LogP contribution in [0, 0.1) is 13.8 Å². The molecule has 0 fully saturated rings. The number of hydrogen-bond donors (Lipinski definition) is 2. The third kappa shape index (κ3) is 3.22. The third-order valence-corrected chi connectivity index (χ3v) is 3.95. The number of halogens is 2. The first-order chi connectivity index (χ1) is 9.38. The van der Waals surface area contributed by atoms with Gasteiger partial charge in [0.1, 0.15) is 0 Å². The Morgan fingerprint density at radius 2 is 1.65 bits per heavy atom. The van der Waals surface area contributed by atoms with E-state index in [4.69, 9.17) is 5.73 Å². The van der Waals surface area contributed by atoms with Gasteiger partial charge in [-0.3, -0.25) is 4.79 Å². The van der Waals surface area contributed by atoms with Gasteiger partial charge in [0.05, 0.1) is 5.56 Å². The van der Waals surface area contributed by atoms with Crippen LogP contribution in [0.3, 0.4) is 0 Å². The molecule has 0 aliphatic rings. The molecule has 104 valence electrons. The number of nitrogen functional groups attached to an aromatic ring is 1. The fourth-order valence-corrected chi connectivity index (χ4v) is 3.06. The predicted molar refractivity (Wildman–Crippen MR) is 90.1 cm³/mol. The van der Waals surface area contributed by atoms with Gasteiger partial charge >= 0.3 is 0 Å². The van der Waals surface area contributed by atoms with Crippen LogP contribution in [0.25, 0.3) is 0 Å². The minimum absolute atomic E-state index is 0.211. The average molecular weight is 398 g/mol. The van der Waals surface area contributed by atoms with Gasteiger partial charge in [0, 0.05) is 20.3 Å². The lowest BCUT2D eigenvalue weighted by atomic mass is 10.1. The van der Waals surface area contributed by atoms with Gasteiger partial charge in [-0.1, -0.05) is 31.9 Å². The molecule has 0 saturated carbocycles. The zero-order chi connectivity index (χ0) is 14.9. The smallest absolute Gasteiger partial charge is 0.257 e. The van der Waals surface area contributed by atoms with E-state index in [9.17, 15) is 4.79 Å². The number of aryl methyl sites for hydroxylation is 2. The van der Waals surface area contributed by atoms with Crippen molar-refractivity contribution in [2.75, 3.05) is 11.1 Å². The van der Waals surface area contributed by atoms with E-state index in [2.05, 4.69) is 37.2 Å². The second-order valence-corrected chi connectivity index (χ2v) is 6.43. The summed E-state index contributed by atoms with van der Waals surface area (Å²) in [4.78, 5) is 12.4. The summed E-state index contributed by atoms with van der Waals surface area (Å²) in [5.74, 6) is -0.211. The number of amides is 1. The molecule has 0 saturated heterocycles. The summed E-state index contributed by atoms with van der Waals surface area (Å²) in [5.41, 5.74) is 9.59. The van der Waals surface area contributed by atoms with Gasteiger partial charge in [0.25, 0.3) is 5.91 Å².